The molecule has 0 unspecified atom stereocenters. The van der Waals surface area contributed by atoms with Crippen LogP contribution in [0.3, 0.4) is 0 Å². The molecule has 0 spiro atoms. The maximum atomic E-state index is 11.5. The lowest BCUT2D eigenvalue weighted by Gasteiger charge is -2.19. The largest absolute Gasteiger partial charge is 0.496 e. The zero-order valence-electron chi connectivity index (χ0n) is 12.9. The van der Waals surface area contributed by atoms with Gasteiger partial charge in [0.1, 0.15) is 11.4 Å². The summed E-state index contributed by atoms with van der Waals surface area (Å²) in [6.45, 7) is 7.06. The zero-order valence-corrected chi connectivity index (χ0v) is 12.9. The summed E-state index contributed by atoms with van der Waals surface area (Å²) in [7, 11) is 1.68. The zero-order chi connectivity index (χ0) is 15.0. The van der Waals surface area contributed by atoms with E-state index >= 15 is 0 Å². The van der Waals surface area contributed by atoms with Crippen LogP contribution in [0.1, 0.15) is 32.8 Å². The van der Waals surface area contributed by atoms with Crippen LogP contribution in [0.2, 0.25) is 0 Å². The molecule has 0 atom stereocenters. The summed E-state index contributed by atoms with van der Waals surface area (Å²) in [5.41, 5.74) is 0.758. The van der Waals surface area contributed by atoms with Gasteiger partial charge < -0.3 is 14.8 Å². The van der Waals surface area contributed by atoms with Crippen molar-refractivity contribution in [3.05, 3.63) is 29.8 Å². The topological polar surface area (TPSA) is 47.6 Å². The molecule has 112 valence electrons. The third-order valence-corrected chi connectivity index (χ3v) is 2.69. The quantitative estimate of drug-likeness (QED) is 0.615. The molecule has 0 bridgehead atoms. The van der Waals surface area contributed by atoms with Crippen molar-refractivity contribution < 1.29 is 14.3 Å². The number of esters is 1. The van der Waals surface area contributed by atoms with E-state index in [-0.39, 0.29) is 5.97 Å². The van der Waals surface area contributed by atoms with Gasteiger partial charge in [-0.3, -0.25) is 4.79 Å². The van der Waals surface area contributed by atoms with Crippen LogP contribution in [0.15, 0.2) is 24.3 Å². The highest BCUT2D eigenvalue weighted by Crippen LogP contribution is 2.17. The lowest BCUT2D eigenvalue weighted by Crippen LogP contribution is -2.27. The second-order valence-corrected chi connectivity index (χ2v) is 5.65. The SMILES string of the molecule is COc1ccccc1CCNCCC(=O)OC(C)(C)C. The number of rotatable bonds is 7. The van der Waals surface area contributed by atoms with Gasteiger partial charge in [-0.1, -0.05) is 18.2 Å². The van der Waals surface area contributed by atoms with E-state index in [1.54, 1.807) is 7.11 Å². The van der Waals surface area contributed by atoms with Crippen LogP contribution < -0.4 is 10.1 Å². The minimum Gasteiger partial charge on any atom is -0.496 e. The van der Waals surface area contributed by atoms with Crippen molar-refractivity contribution in [2.45, 2.75) is 39.2 Å². The van der Waals surface area contributed by atoms with Crippen LogP contribution in [0, 0.1) is 0 Å². The molecule has 20 heavy (non-hydrogen) atoms. The minimum atomic E-state index is -0.408. The summed E-state index contributed by atoms with van der Waals surface area (Å²) >= 11 is 0. The number of carbonyl (C=O) groups is 1. The predicted octanol–water partition coefficient (Wildman–Crippen LogP) is 2.56. The van der Waals surface area contributed by atoms with Crippen LogP contribution in [-0.2, 0) is 16.0 Å². The van der Waals surface area contributed by atoms with E-state index in [2.05, 4.69) is 5.32 Å². The van der Waals surface area contributed by atoms with Crippen LogP contribution in [0.4, 0.5) is 0 Å². The normalized spacial score (nSPS) is 11.2. The predicted molar refractivity (Wildman–Crippen MR) is 80.0 cm³/mol. The van der Waals surface area contributed by atoms with Gasteiger partial charge in [-0.2, -0.15) is 0 Å². The summed E-state index contributed by atoms with van der Waals surface area (Å²) in [4.78, 5) is 11.5. The van der Waals surface area contributed by atoms with E-state index in [9.17, 15) is 4.79 Å². The van der Waals surface area contributed by atoms with Gasteiger partial charge in [0, 0.05) is 6.54 Å². The average molecular weight is 279 g/mol. The summed E-state index contributed by atoms with van der Waals surface area (Å²) in [5.74, 6) is 0.740. The van der Waals surface area contributed by atoms with Crippen molar-refractivity contribution in [1.82, 2.24) is 5.32 Å². The minimum absolute atomic E-state index is 0.165. The van der Waals surface area contributed by atoms with Crippen LogP contribution in [0.5, 0.6) is 5.75 Å². The molecule has 4 nitrogen and oxygen atoms in total. The molecule has 0 saturated heterocycles. The summed E-state index contributed by atoms with van der Waals surface area (Å²) < 4.78 is 10.5. The molecule has 0 aromatic heterocycles. The van der Waals surface area contributed by atoms with E-state index < -0.39 is 5.60 Å². The van der Waals surface area contributed by atoms with Crippen molar-refractivity contribution in [3.63, 3.8) is 0 Å². The van der Waals surface area contributed by atoms with Gasteiger partial charge in [-0.05, 0) is 45.4 Å². The van der Waals surface area contributed by atoms with Crippen molar-refractivity contribution in [1.29, 1.82) is 0 Å². The molecule has 1 N–H and O–H groups in total. The molecular weight excluding hydrogens is 254 g/mol. The fourth-order valence-corrected chi connectivity index (χ4v) is 1.84. The number of para-hydroxylation sites is 1. The number of methoxy groups -OCH3 is 1. The highest BCUT2D eigenvalue weighted by Gasteiger charge is 2.15. The first kappa shape index (κ1) is 16.5. The third kappa shape index (κ3) is 6.57. The van der Waals surface area contributed by atoms with Gasteiger partial charge in [0.2, 0.25) is 0 Å². The lowest BCUT2D eigenvalue weighted by molar-refractivity contribution is -0.154. The number of carbonyl (C=O) groups excluding carboxylic acids is 1. The first-order valence-electron chi connectivity index (χ1n) is 6.97. The Morgan fingerprint density at radius 2 is 1.90 bits per heavy atom. The Balaban J connectivity index is 2.21. The smallest absolute Gasteiger partial charge is 0.307 e. The first-order chi connectivity index (χ1) is 9.42. The van der Waals surface area contributed by atoms with E-state index in [1.165, 1.54) is 5.56 Å². The van der Waals surface area contributed by atoms with Gasteiger partial charge in [-0.25, -0.2) is 0 Å². The van der Waals surface area contributed by atoms with Crippen molar-refractivity contribution in [2.24, 2.45) is 0 Å². The van der Waals surface area contributed by atoms with Crippen molar-refractivity contribution in [2.75, 3.05) is 20.2 Å². The fourth-order valence-electron chi connectivity index (χ4n) is 1.84. The Labute approximate surface area is 121 Å². The number of ether oxygens (including phenoxy) is 2. The van der Waals surface area contributed by atoms with Crippen molar-refractivity contribution >= 4 is 5.97 Å². The molecule has 0 radical (unpaired) electrons. The highest BCUT2D eigenvalue weighted by atomic mass is 16.6. The van der Waals surface area contributed by atoms with E-state index in [1.807, 2.05) is 45.0 Å². The molecule has 1 aromatic carbocycles. The van der Waals surface area contributed by atoms with Gasteiger partial charge in [0.15, 0.2) is 0 Å². The first-order valence-corrected chi connectivity index (χ1v) is 6.97. The van der Waals surface area contributed by atoms with Crippen LogP contribution >= 0.6 is 0 Å². The summed E-state index contributed by atoms with van der Waals surface area (Å²) in [5, 5.41) is 3.25. The summed E-state index contributed by atoms with van der Waals surface area (Å²) in [6.07, 6.45) is 1.27. The fraction of sp³-hybridized carbons (Fsp3) is 0.562. The second-order valence-electron chi connectivity index (χ2n) is 5.65. The molecule has 0 heterocycles. The van der Waals surface area contributed by atoms with Crippen LogP contribution in [0.25, 0.3) is 0 Å². The second kappa shape index (κ2) is 7.90. The van der Waals surface area contributed by atoms with E-state index in [4.69, 9.17) is 9.47 Å². The Hall–Kier alpha value is -1.55. The molecule has 4 heteroatoms. The highest BCUT2D eigenvalue weighted by molar-refractivity contribution is 5.70. The van der Waals surface area contributed by atoms with Crippen LogP contribution in [-0.4, -0.2) is 31.8 Å². The molecule has 1 aromatic rings. The number of benzene rings is 1. The number of nitrogens with one attached hydrogen (secondary N) is 1. The Morgan fingerprint density at radius 3 is 2.55 bits per heavy atom. The summed E-state index contributed by atoms with van der Waals surface area (Å²) in [6, 6.07) is 7.96. The van der Waals surface area contributed by atoms with Crippen molar-refractivity contribution in [3.8, 4) is 5.75 Å². The molecule has 0 fully saturated rings. The Morgan fingerprint density at radius 1 is 1.20 bits per heavy atom. The maximum absolute atomic E-state index is 11.5. The molecule has 1 rings (SSSR count). The number of hydrogen-bond donors (Lipinski definition) is 1. The molecular formula is C16H25NO3. The van der Waals surface area contributed by atoms with E-state index in [0.717, 1.165) is 18.7 Å². The lowest BCUT2D eigenvalue weighted by atomic mass is 10.1. The molecule has 0 aliphatic carbocycles. The van der Waals surface area contributed by atoms with Gasteiger partial charge in [-0.15, -0.1) is 0 Å². The molecule has 0 amide bonds. The molecule has 0 aliphatic heterocycles. The van der Waals surface area contributed by atoms with E-state index in [0.29, 0.717) is 13.0 Å². The number of hydrogen-bond acceptors (Lipinski definition) is 4. The van der Waals surface area contributed by atoms with Gasteiger partial charge in [0.25, 0.3) is 0 Å². The Bertz CT molecular complexity index is 424. The maximum Gasteiger partial charge on any atom is 0.307 e. The standard InChI is InChI=1S/C16H25NO3/c1-16(2,3)20-15(18)10-12-17-11-9-13-7-5-6-8-14(13)19-4/h5-8,17H,9-12H2,1-4H3. The average Bonchev–Trinajstić information content (AvgIpc) is 2.36. The van der Waals surface area contributed by atoms with Gasteiger partial charge >= 0.3 is 5.97 Å². The van der Waals surface area contributed by atoms with Gasteiger partial charge in [0.05, 0.1) is 13.5 Å². The Kier molecular flexibility index (Phi) is 6.52. The third-order valence-electron chi connectivity index (χ3n) is 2.69. The molecule has 0 aliphatic rings. The molecule has 0 saturated carbocycles. The monoisotopic (exact) mass is 279 g/mol.